The molecule has 0 unspecified atom stereocenters. The summed E-state index contributed by atoms with van der Waals surface area (Å²) in [5, 5.41) is 10.2. The molecule has 1 aliphatic rings. The summed E-state index contributed by atoms with van der Waals surface area (Å²) >= 11 is 0. The van der Waals surface area contributed by atoms with Crippen LogP contribution >= 0.6 is 0 Å². The van der Waals surface area contributed by atoms with Gasteiger partial charge in [-0.1, -0.05) is 73.5 Å². The van der Waals surface area contributed by atoms with Gasteiger partial charge in [-0.2, -0.15) is 5.26 Å². The Hall–Kier alpha value is -2.11. The number of nitrogens with zero attached hydrogens (tertiary/aromatic N) is 2. The second kappa shape index (κ2) is 8.13. The maximum Gasteiger partial charge on any atom is 0.108 e. The minimum absolute atomic E-state index is 0.561. The van der Waals surface area contributed by atoms with E-state index in [1.807, 2.05) is 36.4 Å². The van der Waals surface area contributed by atoms with Crippen LogP contribution < -0.4 is 0 Å². The monoisotopic (exact) mass is 318 g/mol. The Morgan fingerprint density at radius 1 is 0.792 bits per heavy atom. The van der Waals surface area contributed by atoms with Crippen molar-refractivity contribution in [3.63, 3.8) is 0 Å². The molecule has 1 heterocycles. The smallest absolute Gasteiger partial charge is 0.108 e. The molecule has 1 saturated heterocycles. The van der Waals surface area contributed by atoms with Crippen LogP contribution in [0.3, 0.4) is 0 Å². The fraction of sp³-hybridized carbons (Fsp3) is 0.409. The fourth-order valence-electron chi connectivity index (χ4n) is 3.77. The molecule has 0 spiro atoms. The molecule has 0 bridgehead atoms. The van der Waals surface area contributed by atoms with Gasteiger partial charge in [0.1, 0.15) is 5.41 Å². The quantitative estimate of drug-likeness (QED) is 0.794. The highest BCUT2D eigenvalue weighted by molar-refractivity contribution is 5.45. The number of likely N-dealkylation sites (tertiary alicyclic amines) is 1. The molecule has 0 N–H and O–H groups in total. The zero-order valence-corrected chi connectivity index (χ0v) is 14.3. The molecule has 0 aliphatic carbocycles. The topological polar surface area (TPSA) is 27.0 Å². The number of hydrogen-bond acceptors (Lipinski definition) is 2. The van der Waals surface area contributed by atoms with E-state index in [1.165, 1.54) is 38.8 Å². The Labute approximate surface area is 145 Å². The summed E-state index contributed by atoms with van der Waals surface area (Å²) in [4.78, 5) is 2.55. The number of benzene rings is 2. The third kappa shape index (κ3) is 3.68. The molecule has 0 saturated carbocycles. The summed E-state index contributed by atoms with van der Waals surface area (Å²) in [7, 11) is 0. The van der Waals surface area contributed by atoms with E-state index in [9.17, 15) is 5.26 Å². The van der Waals surface area contributed by atoms with Gasteiger partial charge in [-0.15, -0.1) is 0 Å². The van der Waals surface area contributed by atoms with Gasteiger partial charge in [0.25, 0.3) is 0 Å². The second-order valence-corrected chi connectivity index (χ2v) is 6.76. The maximum absolute atomic E-state index is 10.2. The van der Waals surface area contributed by atoms with Gasteiger partial charge in [0.15, 0.2) is 0 Å². The highest BCUT2D eigenvalue weighted by Crippen LogP contribution is 2.35. The van der Waals surface area contributed by atoms with Crippen LogP contribution in [0.5, 0.6) is 0 Å². The minimum Gasteiger partial charge on any atom is -0.303 e. The molecule has 0 amide bonds. The molecule has 2 nitrogen and oxygen atoms in total. The van der Waals surface area contributed by atoms with Gasteiger partial charge < -0.3 is 4.90 Å². The average Bonchev–Trinajstić information content (AvgIpc) is 2.93. The van der Waals surface area contributed by atoms with E-state index in [2.05, 4.69) is 35.2 Å². The van der Waals surface area contributed by atoms with Crippen molar-refractivity contribution in [1.29, 1.82) is 5.26 Å². The second-order valence-electron chi connectivity index (χ2n) is 6.76. The summed E-state index contributed by atoms with van der Waals surface area (Å²) in [6.07, 6.45) is 6.11. The molecule has 124 valence electrons. The summed E-state index contributed by atoms with van der Waals surface area (Å²) in [5.41, 5.74) is 1.65. The summed E-state index contributed by atoms with van der Waals surface area (Å²) in [6.45, 7) is 3.33. The van der Waals surface area contributed by atoms with E-state index in [1.54, 1.807) is 0 Å². The van der Waals surface area contributed by atoms with E-state index < -0.39 is 5.41 Å². The molecule has 1 aliphatic heterocycles. The predicted molar refractivity (Wildman–Crippen MR) is 98.8 cm³/mol. The molecule has 2 aromatic carbocycles. The van der Waals surface area contributed by atoms with Crippen LogP contribution in [-0.2, 0) is 5.41 Å². The van der Waals surface area contributed by atoms with Crippen LogP contribution in [0.15, 0.2) is 60.7 Å². The lowest BCUT2D eigenvalue weighted by Gasteiger charge is -2.31. The standard InChI is InChI=1S/C22H26N2/c23-19-22(20-11-5-3-6-12-20,21-13-7-4-8-14-21)15-18-24-16-9-1-2-10-17-24/h3-8,11-14H,1-2,9-10,15-18H2. The number of rotatable bonds is 5. The number of nitriles is 1. The zero-order chi connectivity index (χ0) is 16.7. The molecule has 24 heavy (non-hydrogen) atoms. The van der Waals surface area contributed by atoms with E-state index in [0.717, 1.165) is 24.1 Å². The van der Waals surface area contributed by atoms with Crippen molar-refractivity contribution in [2.45, 2.75) is 37.5 Å². The highest BCUT2D eigenvalue weighted by Gasteiger charge is 2.34. The van der Waals surface area contributed by atoms with Crippen molar-refractivity contribution in [2.24, 2.45) is 0 Å². The number of hydrogen-bond donors (Lipinski definition) is 0. The van der Waals surface area contributed by atoms with E-state index >= 15 is 0 Å². The van der Waals surface area contributed by atoms with Crippen LogP contribution in [0.1, 0.15) is 43.2 Å². The van der Waals surface area contributed by atoms with Crippen LogP contribution in [0.4, 0.5) is 0 Å². The summed E-state index contributed by atoms with van der Waals surface area (Å²) in [6, 6.07) is 23.3. The van der Waals surface area contributed by atoms with Crippen molar-refractivity contribution < 1.29 is 0 Å². The van der Waals surface area contributed by atoms with Gasteiger partial charge in [0.2, 0.25) is 0 Å². The predicted octanol–water partition coefficient (Wildman–Crippen LogP) is 4.76. The molecule has 0 radical (unpaired) electrons. The van der Waals surface area contributed by atoms with E-state index in [-0.39, 0.29) is 0 Å². The molecule has 0 aromatic heterocycles. The van der Waals surface area contributed by atoms with Crippen LogP contribution in [0.25, 0.3) is 0 Å². The van der Waals surface area contributed by atoms with Crippen molar-refractivity contribution in [1.82, 2.24) is 4.90 Å². The van der Waals surface area contributed by atoms with Crippen LogP contribution in [0, 0.1) is 11.3 Å². The molecular formula is C22H26N2. The van der Waals surface area contributed by atoms with Crippen molar-refractivity contribution in [3.8, 4) is 6.07 Å². The molecule has 1 fully saturated rings. The molecule has 2 heteroatoms. The van der Waals surface area contributed by atoms with Crippen molar-refractivity contribution in [3.05, 3.63) is 71.8 Å². The van der Waals surface area contributed by atoms with E-state index in [4.69, 9.17) is 0 Å². The largest absolute Gasteiger partial charge is 0.303 e. The first kappa shape index (κ1) is 16.7. The lowest BCUT2D eigenvalue weighted by Crippen LogP contribution is -2.34. The zero-order valence-electron chi connectivity index (χ0n) is 14.3. The van der Waals surface area contributed by atoms with Gasteiger partial charge in [-0.25, -0.2) is 0 Å². The Bertz CT molecular complexity index is 610. The lowest BCUT2D eigenvalue weighted by atomic mass is 9.73. The maximum atomic E-state index is 10.2. The first-order chi connectivity index (χ1) is 11.8. The van der Waals surface area contributed by atoms with E-state index in [0.29, 0.717) is 0 Å². The van der Waals surface area contributed by atoms with Crippen molar-refractivity contribution in [2.75, 3.05) is 19.6 Å². The Balaban J connectivity index is 1.89. The van der Waals surface area contributed by atoms with Gasteiger partial charge in [0.05, 0.1) is 6.07 Å². The Morgan fingerprint density at radius 2 is 1.29 bits per heavy atom. The van der Waals surface area contributed by atoms with Crippen LogP contribution in [-0.4, -0.2) is 24.5 Å². The third-order valence-electron chi connectivity index (χ3n) is 5.23. The SMILES string of the molecule is N#CC(CCN1CCCCCC1)(c1ccccc1)c1ccccc1. The van der Waals surface area contributed by atoms with Crippen LogP contribution in [0.2, 0.25) is 0 Å². The summed E-state index contributed by atoms with van der Waals surface area (Å²) in [5.74, 6) is 0. The van der Waals surface area contributed by atoms with Gasteiger partial charge in [-0.05, 0) is 43.5 Å². The minimum atomic E-state index is -0.561. The Kier molecular flexibility index (Phi) is 5.67. The summed E-state index contributed by atoms with van der Waals surface area (Å²) < 4.78 is 0. The first-order valence-electron chi connectivity index (χ1n) is 9.10. The molecule has 3 rings (SSSR count). The molecule has 0 atom stereocenters. The van der Waals surface area contributed by atoms with Gasteiger partial charge in [0, 0.05) is 6.54 Å². The normalized spacial score (nSPS) is 16.3. The third-order valence-corrected chi connectivity index (χ3v) is 5.23. The fourth-order valence-corrected chi connectivity index (χ4v) is 3.77. The Morgan fingerprint density at radius 3 is 1.75 bits per heavy atom. The molecule has 2 aromatic rings. The average molecular weight is 318 g/mol. The first-order valence-corrected chi connectivity index (χ1v) is 9.10. The van der Waals surface area contributed by atoms with Gasteiger partial charge in [-0.3, -0.25) is 0 Å². The molecular weight excluding hydrogens is 292 g/mol. The van der Waals surface area contributed by atoms with Crippen molar-refractivity contribution >= 4 is 0 Å². The van der Waals surface area contributed by atoms with Gasteiger partial charge >= 0.3 is 0 Å². The highest BCUT2D eigenvalue weighted by atomic mass is 15.1. The lowest BCUT2D eigenvalue weighted by molar-refractivity contribution is 0.268.